The molecule has 0 aliphatic heterocycles. The second kappa shape index (κ2) is 51.2. The number of thioether (sulfide) groups is 1. The average molecular weight is 1510 g/mol. The minimum atomic E-state index is -1.64. The van der Waals surface area contributed by atoms with E-state index < -0.39 is 175 Å². The molecule has 12 atom stereocenters. The van der Waals surface area contributed by atoms with E-state index in [1.165, 1.54) is 24.3 Å². The number of nitrogens with zero attached hydrogens (tertiary/aromatic N) is 2. The number of hydrogen-bond donors (Lipinski definition) is 21. The van der Waals surface area contributed by atoms with Gasteiger partial charge < -0.3 is 114 Å². The lowest BCUT2D eigenvalue weighted by molar-refractivity contribution is -0.142. The van der Waals surface area contributed by atoms with E-state index >= 15 is 0 Å². The molecule has 0 spiro atoms. The number of nitrogens with two attached hydrogens (primary N) is 7. The van der Waals surface area contributed by atoms with E-state index in [0.29, 0.717) is 56.3 Å². The maximum absolute atomic E-state index is 14.8. The van der Waals surface area contributed by atoms with Gasteiger partial charge in [0.05, 0.1) is 19.0 Å². The maximum Gasteiger partial charge on any atom is 0.326 e. The molecule has 1 heterocycles. The molecule has 2 aromatic rings. The Labute approximate surface area is 624 Å². The molecule has 0 aliphatic rings. The van der Waals surface area contributed by atoms with E-state index in [2.05, 4.69) is 73.4 Å². The van der Waals surface area contributed by atoms with Gasteiger partial charge in [0.25, 0.3) is 0 Å². The van der Waals surface area contributed by atoms with Crippen molar-refractivity contribution in [1.82, 2.24) is 68.5 Å². The summed E-state index contributed by atoms with van der Waals surface area (Å²) in [7, 11) is 0. The third kappa shape index (κ3) is 36.8. The van der Waals surface area contributed by atoms with Crippen molar-refractivity contribution in [1.29, 1.82) is 0 Å². The minimum absolute atomic E-state index is 0.000677. The van der Waals surface area contributed by atoms with Crippen LogP contribution >= 0.6 is 11.8 Å². The minimum Gasteiger partial charge on any atom is -0.480 e. The summed E-state index contributed by atoms with van der Waals surface area (Å²) in [6.45, 7) is 10.2. The predicted octanol–water partition coefficient (Wildman–Crippen LogP) is -3.86. The summed E-state index contributed by atoms with van der Waals surface area (Å²) in [5.74, 6) is -12.7. The SMILES string of the molecule is CSCC[C@H](NC(=O)[C@H](CCC(N)=O)NC(=O)[C@@H](NC(=O)[C@H](CO)NC(=O)[C@H](CC(C)C)NC(=O)[C@@H](N)CCCCN)C(C)C)C(=O)N[C@@H](CCCCN)C(=O)N[C@@H](CC(C)C)C(=O)N[C@@H](Cc1ccccc1)C(=O)N[C@@H](CCCCN)C(=O)N[C@@H](CCCN=C(N)N)C(=O)N[C@@H](Cc1cnc[nH]1)C(=O)O. The smallest absolute Gasteiger partial charge is 0.326 e. The number of H-pyrrole nitrogens is 1. The lowest BCUT2D eigenvalue weighted by Gasteiger charge is -2.29. The van der Waals surface area contributed by atoms with E-state index in [1.807, 2.05) is 0 Å². The molecule has 0 unspecified atom stereocenters. The molecular formula is C69H119N21O15S. The van der Waals surface area contributed by atoms with Crippen LogP contribution in [0.3, 0.4) is 0 Å². The highest BCUT2D eigenvalue weighted by Gasteiger charge is 2.38. The van der Waals surface area contributed by atoms with Crippen molar-refractivity contribution in [2.75, 3.05) is 44.8 Å². The second-order valence-electron chi connectivity index (χ2n) is 27.3. The van der Waals surface area contributed by atoms with Gasteiger partial charge in [-0.05, 0) is 145 Å². The summed E-state index contributed by atoms with van der Waals surface area (Å²) in [5.41, 5.74) is 40.9. The molecule has 1 aromatic heterocycles. The molecule has 0 saturated carbocycles. The lowest BCUT2D eigenvalue weighted by Crippen LogP contribution is -2.61. The first kappa shape index (κ1) is 93.0. The standard InChI is InChI=1S/C69H119N21O15S/c1-39(2)32-50(85-57(93)44(73)20-11-14-27-70)64(100)89-54(37-91)66(102)90-56(41(5)6)67(103)84-48(24-25-55(74)92)61(97)83-49(26-31-106-7)62(98)80-46(22-13-16-29-72)59(95)86-51(33-40(3)4)63(99)87-52(34-42-18-9-8-10-19-42)65(101)82-45(21-12-15-28-71)58(94)81-47(23-17-30-78-69(75)76)60(96)88-53(68(104)105)35-43-36-77-38-79-43/h8-10,18-19,36,38-41,44-54,56,91H,11-17,20-35,37,70-73H2,1-7H3,(H2,74,92)(H,77,79)(H,80,98)(H,81,94)(H,82,101)(H,83,97)(H,84,103)(H,85,93)(H,86,95)(H,87,99)(H,88,96)(H,89,100)(H,90,102)(H,104,105)(H4,75,76,78)/t44-,45-,46-,47-,48-,49-,50-,51-,52-,53-,54-,56-/m0/s1. The van der Waals surface area contributed by atoms with Crippen LogP contribution < -0.4 is 98.6 Å². The number of aromatic nitrogens is 2. The molecule has 0 fully saturated rings. The highest BCUT2D eigenvalue weighted by atomic mass is 32.2. The summed E-state index contributed by atoms with van der Waals surface area (Å²) in [6, 6.07) is -7.94. The second-order valence-corrected chi connectivity index (χ2v) is 28.3. The van der Waals surface area contributed by atoms with Crippen molar-refractivity contribution < 1.29 is 72.5 Å². The highest BCUT2D eigenvalue weighted by Crippen LogP contribution is 2.15. The van der Waals surface area contributed by atoms with Crippen molar-refractivity contribution in [2.45, 2.75) is 230 Å². The van der Waals surface area contributed by atoms with Crippen LogP contribution in [0.25, 0.3) is 0 Å². The normalized spacial score (nSPS) is 14.7. The molecular weight excluding hydrogens is 1390 g/mol. The number of rotatable bonds is 55. The van der Waals surface area contributed by atoms with E-state index in [0.717, 1.165) is 0 Å². The summed E-state index contributed by atoms with van der Waals surface area (Å²) in [6.07, 6.45) is 6.39. The largest absolute Gasteiger partial charge is 0.480 e. The zero-order chi connectivity index (χ0) is 79.4. The highest BCUT2D eigenvalue weighted by molar-refractivity contribution is 7.98. The van der Waals surface area contributed by atoms with E-state index in [-0.39, 0.29) is 107 Å². The Kier molecular flexibility index (Phi) is 45.0. The number of benzene rings is 1. The number of unbranched alkanes of at least 4 members (excludes halogenated alkanes) is 3. The fraction of sp³-hybridized carbons (Fsp3) is 0.667. The molecule has 0 bridgehead atoms. The topological polar surface area (TPSA) is 618 Å². The number of amides is 12. The number of imidazole rings is 1. The number of carboxylic acids is 1. The van der Waals surface area contributed by atoms with Crippen molar-refractivity contribution in [3.05, 3.63) is 54.1 Å². The van der Waals surface area contributed by atoms with Crippen LogP contribution in [0.4, 0.5) is 0 Å². The summed E-state index contributed by atoms with van der Waals surface area (Å²) in [4.78, 5) is 192. The van der Waals surface area contributed by atoms with Crippen molar-refractivity contribution in [3.8, 4) is 0 Å². The number of primary amides is 1. The van der Waals surface area contributed by atoms with Gasteiger partial charge in [-0.15, -0.1) is 0 Å². The molecule has 36 nitrogen and oxygen atoms in total. The number of hydrogen-bond acceptors (Lipinski definition) is 21. The third-order valence-corrected chi connectivity index (χ3v) is 17.5. The average Bonchev–Trinajstić information content (AvgIpc) is 0.899. The molecule has 0 saturated heterocycles. The van der Waals surface area contributed by atoms with Crippen LogP contribution in [-0.2, 0) is 75.2 Å². The van der Waals surface area contributed by atoms with Crippen molar-refractivity contribution in [2.24, 2.45) is 62.9 Å². The summed E-state index contributed by atoms with van der Waals surface area (Å²) in [5, 5.41) is 49.4. The van der Waals surface area contributed by atoms with Crippen LogP contribution in [0, 0.1) is 17.8 Å². The van der Waals surface area contributed by atoms with Gasteiger partial charge in [0.1, 0.15) is 66.5 Å². The molecule has 106 heavy (non-hydrogen) atoms. The molecule has 37 heteroatoms. The third-order valence-electron chi connectivity index (χ3n) is 16.9. The molecule has 1 aromatic carbocycles. The lowest BCUT2D eigenvalue weighted by atomic mass is 9.99. The van der Waals surface area contributed by atoms with Gasteiger partial charge in [-0.3, -0.25) is 62.5 Å². The number of carbonyl (C=O) groups excluding carboxylic acids is 12. The van der Waals surface area contributed by atoms with Gasteiger partial charge >= 0.3 is 5.97 Å². The van der Waals surface area contributed by atoms with Crippen LogP contribution in [-0.4, -0.2) is 220 Å². The summed E-state index contributed by atoms with van der Waals surface area (Å²) >= 11 is 1.32. The molecule has 0 radical (unpaired) electrons. The number of aliphatic imine (C=N–C) groups is 1. The Morgan fingerprint density at radius 1 is 0.481 bits per heavy atom. The van der Waals surface area contributed by atoms with E-state index in [4.69, 9.17) is 40.1 Å². The number of aliphatic carboxylic acids is 1. The van der Waals surface area contributed by atoms with Crippen LogP contribution in [0.5, 0.6) is 0 Å². The van der Waals surface area contributed by atoms with Crippen LogP contribution in [0.15, 0.2) is 47.8 Å². The first-order valence-corrected chi connectivity index (χ1v) is 37.6. The molecule has 2 rings (SSSR count). The van der Waals surface area contributed by atoms with Crippen molar-refractivity contribution in [3.63, 3.8) is 0 Å². The number of aliphatic hydroxyl groups excluding tert-OH is 1. The zero-order valence-corrected chi connectivity index (χ0v) is 63.0. The monoisotopic (exact) mass is 1510 g/mol. The molecule has 12 amide bonds. The fourth-order valence-electron chi connectivity index (χ4n) is 11.0. The maximum atomic E-state index is 14.8. The quantitative estimate of drug-likeness (QED) is 0.0171. The van der Waals surface area contributed by atoms with Gasteiger partial charge in [-0.1, -0.05) is 78.3 Å². The Balaban J connectivity index is 2.53. The summed E-state index contributed by atoms with van der Waals surface area (Å²) < 4.78 is 0. The Morgan fingerprint density at radius 2 is 0.887 bits per heavy atom. The van der Waals surface area contributed by atoms with Gasteiger partial charge in [0.15, 0.2) is 5.96 Å². The Hall–Kier alpha value is -9.04. The first-order chi connectivity index (χ1) is 50.3. The van der Waals surface area contributed by atoms with Gasteiger partial charge in [-0.2, -0.15) is 11.8 Å². The van der Waals surface area contributed by atoms with E-state index in [9.17, 15) is 72.5 Å². The number of carbonyl (C=O) groups is 13. The predicted molar refractivity (Wildman–Crippen MR) is 400 cm³/mol. The van der Waals surface area contributed by atoms with Gasteiger partial charge in [0, 0.05) is 37.7 Å². The Bertz CT molecular complexity index is 3110. The fourth-order valence-corrected chi connectivity index (χ4v) is 11.4. The molecule has 28 N–H and O–H groups in total. The number of carboxylic acid groups (broad SMARTS) is 1. The van der Waals surface area contributed by atoms with Crippen LogP contribution in [0.2, 0.25) is 0 Å². The Morgan fingerprint density at radius 3 is 1.32 bits per heavy atom. The van der Waals surface area contributed by atoms with Gasteiger partial charge in [-0.25, -0.2) is 9.78 Å². The molecule has 596 valence electrons. The van der Waals surface area contributed by atoms with E-state index in [1.54, 1.807) is 78.1 Å². The van der Waals surface area contributed by atoms with Gasteiger partial charge in [0.2, 0.25) is 70.9 Å². The van der Waals surface area contributed by atoms with Crippen LogP contribution in [0.1, 0.15) is 156 Å². The van der Waals surface area contributed by atoms with Crippen molar-refractivity contribution >= 4 is 94.6 Å². The zero-order valence-electron chi connectivity index (χ0n) is 62.2. The first-order valence-electron chi connectivity index (χ1n) is 36.2. The molecule has 0 aliphatic carbocycles. The number of aromatic amines is 1. The number of aliphatic hydroxyl groups is 1. The number of guanidine groups is 1. The number of nitrogens with one attached hydrogen (secondary N) is 12.